The summed E-state index contributed by atoms with van der Waals surface area (Å²) in [5.41, 5.74) is 0. The molecule has 5 rings (SSSR count). The maximum absolute atomic E-state index is 12.4. The van der Waals surface area contributed by atoms with Crippen LogP contribution in [0, 0.1) is 23.7 Å². The van der Waals surface area contributed by atoms with E-state index in [1.54, 1.807) is 0 Å². The fourth-order valence-electron chi connectivity index (χ4n) is 6.25. The summed E-state index contributed by atoms with van der Waals surface area (Å²) in [5, 5.41) is 9.09. The van der Waals surface area contributed by atoms with Crippen LogP contribution in [0.2, 0.25) is 0 Å². The Morgan fingerprint density at radius 3 is 2.08 bits per heavy atom. The van der Waals surface area contributed by atoms with Crippen molar-refractivity contribution in [3.8, 4) is 0 Å². The van der Waals surface area contributed by atoms with Crippen molar-refractivity contribution in [1.29, 1.82) is 0 Å². The Morgan fingerprint density at radius 1 is 0.880 bits per heavy atom. The average Bonchev–Trinajstić information content (AvgIpc) is 2.58. The molecule has 5 aliphatic rings. The maximum atomic E-state index is 12.4. The van der Waals surface area contributed by atoms with Crippen LogP contribution in [0.1, 0.15) is 71.1 Å². The fraction of sp³-hybridized carbons (Fsp3) is 0.900. The van der Waals surface area contributed by atoms with Gasteiger partial charge in [0.05, 0.1) is 6.04 Å². The van der Waals surface area contributed by atoms with Crippen LogP contribution in [0.5, 0.6) is 0 Å². The minimum absolute atomic E-state index is 0.192. The summed E-state index contributed by atoms with van der Waals surface area (Å²) in [7, 11) is 0. The molecule has 5 aliphatic carbocycles. The quantitative estimate of drug-likeness (QED) is 0.732. The molecule has 5 nitrogen and oxygen atoms in total. The van der Waals surface area contributed by atoms with E-state index in [2.05, 4.69) is 16.0 Å². The van der Waals surface area contributed by atoms with E-state index >= 15 is 0 Å². The molecule has 5 heteroatoms. The second-order valence-corrected chi connectivity index (χ2v) is 9.14. The molecule has 25 heavy (non-hydrogen) atoms. The van der Waals surface area contributed by atoms with Gasteiger partial charge in [-0.15, -0.1) is 0 Å². The molecular formula is C20H33N3O2. The molecule has 4 bridgehead atoms. The Kier molecular flexibility index (Phi) is 5.03. The van der Waals surface area contributed by atoms with E-state index < -0.39 is 0 Å². The lowest BCUT2D eigenvalue weighted by atomic mass is 9.54. The molecule has 0 aliphatic heterocycles. The number of carbonyl (C=O) groups is 2. The third-order valence-electron chi connectivity index (χ3n) is 7.24. The zero-order chi connectivity index (χ0) is 17.4. The van der Waals surface area contributed by atoms with E-state index in [1.165, 1.54) is 51.4 Å². The van der Waals surface area contributed by atoms with Crippen LogP contribution in [0.4, 0.5) is 4.79 Å². The van der Waals surface area contributed by atoms with Crippen LogP contribution in [0.25, 0.3) is 0 Å². The molecule has 0 unspecified atom stereocenters. The molecule has 5 saturated carbocycles. The van der Waals surface area contributed by atoms with Crippen LogP contribution >= 0.6 is 0 Å². The van der Waals surface area contributed by atoms with Gasteiger partial charge >= 0.3 is 6.03 Å². The molecule has 140 valence electrons. The molecule has 0 radical (unpaired) electrons. The minimum atomic E-state index is -0.323. The molecule has 0 spiro atoms. The predicted molar refractivity (Wildman–Crippen MR) is 97.0 cm³/mol. The van der Waals surface area contributed by atoms with Crippen molar-refractivity contribution >= 4 is 11.9 Å². The van der Waals surface area contributed by atoms with E-state index in [-0.39, 0.29) is 24.0 Å². The number of urea groups is 1. The van der Waals surface area contributed by atoms with Crippen LogP contribution in [-0.4, -0.2) is 30.1 Å². The van der Waals surface area contributed by atoms with Crippen LogP contribution < -0.4 is 16.0 Å². The number of nitrogens with one attached hydrogen (secondary N) is 3. The predicted octanol–water partition coefficient (Wildman–Crippen LogP) is 2.95. The SMILES string of the molecule is C[C@@H](NC1C2CC3CC(C2)CC1C3)C(=O)NC(=O)NC1CCCCC1. The highest BCUT2D eigenvalue weighted by Crippen LogP contribution is 2.53. The van der Waals surface area contributed by atoms with E-state index in [0.29, 0.717) is 6.04 Å². The Labute approximate surface area is 151 Å². The standard InChI is InChI=1S/C20H33N3O2/c1-12(19(24)23-20(25)22-17-5-3-2-4-6-17)21-18-15-8-13-7-14(10-15)11-16(18)9-13/h12-18,21H,2-11H2,1H3,(H2,22,23,24,25)/t12-,13?,14?,15?,16?,18?/m1/s1. The van der Waals surface area contributed by atoms with Gasteiger partial charge < -0.3 is 10.6 Å². The van der Waals surface area contributed by atoms with Crippen molar-refractivity contribution in [2.75, 3.05) is 0 Å². The van der Waals surface area contributed by atoms with E-state index in [9.17, 15) is 9.59 Å². The lowest BCUT2D eigenvalue weighted by Crippen LogP contribution is -2.59. The molecule has 0 saturated heterocycles. The highest BCUT2D eigenvalue weighted by atomic mass is 16.2. The number of hydrogen-bond donors (Lipinski definition) is 3. The fourth-order valence-corrected chi connectivity index (χ4v) is 6.25. The van der Waals surface area contributed by atoms with Gasteiger partial charge in [-0.3, -0.25) is 10.1 Å². The van der Waals surface area contributed by atoms with Crippen LogP contribution in [-0.2, 0) is 4.79 Å². The van der Waals surface area contributed by atoms with E-state index in [4.69, 9.17) is 0 Å². The molecular weight excluding hydrogens is 314 g/mol. The molecule has 3 N–H and O–H groups in total. The molecule has 0 heterocycles. The Hall–Kier alpha value is -1.10. The lowest BCUT2D eigenvalue weighted by Gasteiger charge is -2.55. The van der Waals surface area contributed by atoms with Crippen LogP contribution in [0.3, 0.4) is 0 Å². The van der Waals surface area contributed by atoms with Gasteiger partial charge in [-0.25, -0.2) is 4.79 Å². The number of rotatable bonds is 4. The van der Waals surface area contributed by atoms with Gasteiger partial charge in [-0.05, 0) is 75.5 Å². The molecule has 1 atom stereocenters. The van der Waals surface area contributed by atoms with Crippen molar-refractivity contribution in [3.63, 3.8) is 0 Å². The first kappa shape index (κ1) is 17.3. The number of carbonyl (C=O) groups excluding carboxylic acids is 2. The summed E-state index contributed by atoms with van der Waals surface area (Å²) in [6.45, 7) is 1.90. The summed E-state index contributed by atoms with van der Waals surface area (Å²) in [4.78, 5) is 24.5. The Morgan fingerprint density at radius 2 is 1.48 bits per heavy atom. The van der Waals surface area contributed by atoms with Crippen molar-refractivity contribution < 1.29 is 9.59 Å². The van der Waals surface area contributed by atoms with Crippen LogP contribution in [0.15, 0.2) is 0 Å². The largest absolute Gasteiger partial charge is 0.335 e. The van der Waals surface area contributed by atoms with Gasteiger partial charge in [-0.2, -0.15) is 0 Å². The first-order valence-electron chi connectivity index (χ1n) is 10.5. The number of hydrogen-bond acceptors (Lipinski definition) is 3. The maximum Gasteiger partial charge on any atom is 0.321 e. The summed E-state index contributed by atoms with van der Waals surface area (Å²) >= 11 is 0. The second kappa shape index (κ2) is 7.26. The average molecular weight is 348 g/mol. The van der Waals surface area contributed by atoms with Crippen molar-refractivity contribution in [2.45, 2.75) is 89.3 Å². The van der Waals surface area contributed by atoms with E-state index in [1.807, 2.05) is 6.92 Å². The van der Waals surface area contributed by atoms with Gasteiger partial charge in [0.2, 0.25) is 5.91 Å². The van der Waals surface area contributed by atoms with Gasteiger partial charge in [-0.1, -0.05) is 19.3 Å². The summed E-state index contributed by atoms with van der Waals surface area (Å²) < 4.78 is 0. The number of amides is 3. The summed E-state index contributed by atoms with van der Waals surface area (Å²) in [5.74, 6) is 3.16. The zero-order valence-corrected chi connectivity index (χ0v) is 15.4. The summed E-state index contributed by atoms with van der Waals surface area (Å²) in [6, 6.07) is 0.0689. The smallest absolute Gasteiger partial charge is 0.321 e. The second-order valence-electron chi connectivity index (χ2n) is 9.14. The zero-order valence-electron chi connectivity index (χ0n) is 15.4. The van der Waals surface area contributed by atoms with Crippen molar-refractivity contribution in [3.05, 3.63) is 0 Å². The first-order chi connectivity index (χ1) is 12.1. The molecule has 0 aromatic heterocycles. The Bertz CT molecular complexity index is 487. The summed E-state index contributed by atoms with van der Waals surface area (Å²) in [6.07, 6.45) is 12.4. The van der Waals surface area contributed by atoms with E-state index in [0.717, 1.165) is 36.5 Å². The monoisotopic (exact) mass is 347 g/mol. The molecule has 3 amide bonds. The topological polar surface area (TPSA) is 70.2 Å². The van der Waals surface area contributed by atoms with Crippen molar-refractivity contribution in [1.82, 2.24) is 16.0 Å². The highest BCUT2D eigenvalue weighted by molar-refractivity contribution is 5.96. The Balaban J connectivity index is 1.25. The number of imide groups is 1. The molecule has 0 aromatic carbocycles. The van der Waals surface area contributed by atoms with Gasteiger partial charge in [0.15, 0.2) is 0 Å². The third-order valence-corrected chi connectivity index (χ3v) is 7.24. The highest BCUT2D eigenvalue weighted by Gasteiger charge is 2.48. The van der Waals surface area contributed by atoms with Gasteiger partial charge in [0, 0.05) is 12.1 Å². The normalized spacial score (nSPS) is 38.4. The molecule has 0 aromatic rings. The third kappa shape index (κ3) is 3.86. The lowest BCUT2D eigenvalue weighted by molar-refractivity contribution is -0.122. The van der Waals surface area contributed by atoms with Gasteiger partial charge in [0.1, 0.15) is 0 Å². The first-order valence-corrected chi connectivity index (χ1v) is 10.5. The molecule has 5 fully saturated rings. The van der Waals surface area contributed by atoms with Gasteiger partial charge in [0.25, 0.3) is 0 Å². The van der Waals surface area contributed by atoms with Crippen molar-refractivity contribution in [2.24, 2.45) is 23.7 Å². The minimum Gasteiger partial charge on any atom is -0.335 e.